The van der Waals surface area contributed by atoms with Gasteiger partial charge in [-0.25, -0.2) is 9.97 Å². The summed E-state index contributed by atoms with van der Waals surface area (Å²) in [5, 5.41) is 4.68. The number of anilines is 1. The normalized spacial score (nSPS) is 18.0. The van der Waals surface area contributed by atoms with Crippen LogP contribution in [-0.2, 0) is 7.05 Å². The SMILES string of the molecule is COc1c(N)ncnc1-c1cc(P(C2CC2)C2CC2)n(C)n1. The highest BCUT2D eigenvalue weighted by atomic mass is 31.1. The summed E-state index contributed by atoms with van der Waals surface area (Å²) in [7, 11) is 3.55. The minimum Gasteiger partial charge on any atom is -0.491 e. The number of nitrogens with zero attached hydrogens (tertiary/aromatic N) is 4. The molecule has 22 heavy (non-hydrogen) atoms. The van der Waals surface area contributed by atoms with Crippen LogP contribution in [0.2, 0.25) is 0 Å². The molecule has 0 spiro atoms. The van der Waals surface area contributed by atoms with Gasteiger partial charge >= 0.3 is 0 Å². The average Bonchev–Trinajstić information content (AvgIpc) is 3.40. The monoisotopic (exact) mass is 317 g/mol. The van der Waals surface area contributed by atoms with E-state index in [0.29, 0.717) is 17.3 Å². The third-order valence-electron chi connectivity index (χ3n) is 4.28. The van der Waals surface area contributed by atoms with Gasteiger partial charge in [0, 0.05) is 7.05 Å². The van der Waals surface area contributed by atoms with E-state index >= 15 is 0 Å². The number of aromatic nitrogens is 4. The molecule has 0 aromatic carbocycles. The fourth-order valence-electron chi connectivity index (χ4n) is 2.96. The van der Waals surface area contributed by atoms with Crippen LogP contribution in [0.4, 0.5) is 5.82 Å². The first kappa shape index (κ1) is 13.9. The molecule has 4 rings (SSSR count). The van der Waals surface area contributed by atoms with Crippen molar-refractivity contribution in [2.75, 3.05) is 12.8 Å². The van der Waals surface area contributed by atoms with E-state index in [2.05, 4.69) is 21.1 Å². The average molecular weight is 317 g/mol. The van der Waals surface area contributed by atoms with Crippen LogP contribution >= 0.6 is 7.92 Å². The zero-order valence-electron chi connectivity index (χ0n) is 12.9. The molecule has 2 fully saturated rings. The molecule has 0 radical (unpaired) electrons. The maximum absolute atomic E-state index is 5.88. The highest BCUT2D eigenvalue weighted by molar-refractivity contribution is 7.67. The molecule has 0 saturated heterocycles. The van der Waals surface area contributed by atoms with Gasteiger partial charge in [-0.2, -0.15) is 5.10 Å². The Morgan fingerprint density at radius 2 is 1.91 bits per heavy atom. The van der Waals surface area contributed by atoms with Gasteiger partial charge in [-0.05, 0) is 51.0 Å². The van der Waals surface area contributed by atoms with Crippen LogP contribution in [0.5, 0.6) is 5.75 Å². The fraction of sp³-hybridized carbons (Fsp3) is 0.533. The van der Waals surface area contributed by atoms with Crippen molar-refractivity contribution in [3.05, 3.63) is 12.4 Å². The lowest BCUT2D eigenvalue weighted by Gasteiger charge is -2.16. The maximum Gasteiger partial charge on any atom is 0.189 e. The van der Waals surface area contributed by atoms with E-state index in [1.165, 1.54) is 37.4 Å². The number of nitrogens with two attached hydrogens (primary N) is 1. The molecule has 2 aliphatic carbocycles. The molecular formula is C15H20N5OP. The molecule has 2 aliphatic rings. The summed E-state index contributed by atoms with van der Waals surface area (Å²) in [4.78, 5) is 8.32. The molecule has 2 saturated carbocycles. The Labute approximate surface area is 130 Å². The summed E-state index contributed by atoms with van der Waals surface area (Å²) in [5.74, 6) is 0.862. The lowest BCUT2D eigenvalue weighted by atomic mass is 10.2. The predicted octanol–water partition coefficient (Wildman–Crippen LogP) is 1.90. The van der Waals surface area contributed by atoms with Gasteiger partial charge in [0.2, 0.25) is 0 Å². The zero-order chi connectivity index (χ0) is 15.3. The third kappa shape index (κ3) is 2.35. The summed E-state index contributed by atoms with van der Waals surface area (Å²) in [5.41, 5.74) is 10.6. The molecule has 0 atom stereocenters. The van der Waals surface area contributed by atoms with E-state index in [4.69, 9.17) is 10.5 Å². The van der Waals surface area contributed by atoms with Crippen molar-refractivity contribution in [2.45, 2.75) is 37.0 Å². The number of methoxy groups -OCH3 is 1. The van der Waals surface area contributed by atoms with E-state index in [0.717, 1.165) is 17.0 Å². The number of rotatable bonds is 5. The van der Waals surface area contributed by atoms with Crippen molar-refractivity contribution < 1.29 is 4.74 Å². The molecule has 116 valence electrons. The van der Waals surface area contributed by atoms with Gasteiger partial charge in [0.25, 0.3) is 0 Å². The topological polar surface area (TPSA) is 78.9 Å². The van der Waals surface area contributed by atoms with E-state index in [9.17, 15) is 0 Å². The lowest BCUT2D eigenvalue weighted by Crippen LogP contribution is -2.16. The van der Waals surface area contributed by atoms with Crippen LogP contribution in [0.3, 0.4) is 0 Å². The first-order chi connectivity index (χ1) is 10.7. The highest BCUT2D eigenvalue weighted by Gasteiger charge is 2.43. The van der Waals surface area contributed by atoms with Crippen LogP contribution in [0.25, 0.3) is 11.4 Å². The predicted molar refractivity (Wildman–Crippen MR) is 87.8 cm³/mol. The lowest BCUT2D eigenvalue weighted by molar-refractivity contribution is 0.415. The Kier molecular flexibility index (Phi) is 3.30. The zero-order valence-corrected chi connectivity index (χ0v) is 13.8. The Morgan fingerprint density at radius 3 is 2.50 bits per heavy atom. The molecule has 2 heterocycles. The van der Waals surface area contributed by atoms with Crippen molar-refractivity contribution in [2.24, 2.45) is 7.05 Å². The number of ether oxygens (including phenoxy) is 1. The quantitative estimate of drug-likeness (QED) is 0.852. The fourth-order valence-corrected chi connectivity index (χ4v) is 6.37. The number of nitrogen functional groups attached to an aromatic ring is 1. The van der Waals surface area contributed by atoms with Crippen molar-refractivity contribution in [1.29, 1.82) is 0 Å². The van der Waals surface area contributed by atoms with Crippen LogP contribution in [-0.4, -0.2) is 38.2 Å². The molecule has 7 heteroatoms. The molecule has 0 amide bonds. The van der Waals surface area contributed by atoms with Gasteiger partial charge in [-0.1, -0.05) is 0 Å². The van der Waals surface area contributed by atoms with Gasteiger partial charge in [0.05, 0.1) is 12.5 Å². The molecule has 2 aromatic rings. The van der Waals surface area contributed by atoms with Crippen molar-refractivity contribution in [3.8, 4) is 17.1 Å². The van der Waals surface area contributed by atoms with Gasteiger partial charge in [-0.15, -0.1) is 0 Å². The first-order valence-electron chi connectivity index (χ1n) is 7.66. The Bertz CT molecular complexity index is 696. The van der Waals surface area contributed by atoms with Crippen molar-refractivity contribution in [1.82, 2.24) is 19.7 Å². The van der Waals surface area contributed by atoms with E-state index in [1.807, 2.05) is 11.7 Å². The minimum atomic E-state index is -0.0785. The van der Waals surface area contributed by atoms with E-state index < -0.39 is 0 Å². The van der Waals surface area contributed by atoms with E-state index in [1.54, 1.807) is 7.11 Å². The first-order valence-corrected chi connectivity index (χ1v) is 9.14. The second-order valence-electron chi connectivity index (χ2n) is 6.02. The Balaban J connectivity index is 1.75. The van der Waals surface area contributed by atoms with E-state index in [-0.39, 0.29) is 7.92 Å². The third-order valence-corrected chi connectivity index (χ3v) is 7.83. The summed E-state index contributed by atoms with van der Waals surface area (Å²) >= 11 is 0. The number of hydrogen-bond acceptors (Lipinski definition) is 5. The largest absolute Gasteiger partial charge is 0.491 e. The second-order valence-corrected chi connectivity index (χ2v) is 8.76. The van der Waals surface area contributed by atoms with Gasteiger partial charge in [0.15, 0.2) is 11.6 Å². The molecule has 0 unspecified atom stereocenters. The van der Waals surface area contributed by atoms with Crippen LogP contribution in [0.1, 0.15) is 25.7 Å². The maximum atomic E-state index is 5.88. The van der Waals surface area contributed by atoms with Crippen LogP contribution in [0.15, 0.2) is 12.4 Å². The van der Waals surface area contributed by atoms with Crippen LogP contribution in [0, 0.1) is 0 Å². The molecule has 2 N–H and O–H groups in total. The summed E-state index contributed by atoms with van der Waals surface area (Å²) in [6.45, 7) is 0. The van der Waals surface area contributed by atoms with Gasteiger partial charge in [0.1, 0.15) is 17.7 Å². The number of aryl methyl sites for hydroxylation is 1. The molecule has 0 bridgehead atoms. The summed E-state index contributed by atoms with van der Waals surface area (Å²) < 4.78 is 7.40. The Hall–Kier alpha value is -1.68. The minimum absolute atomic E-state index is 0.0785. The van der Waals surface area contributed by atoms with Gasteiger partial charge < -0.3 is 10.5 Å². The Morgan fingerprint density at radius 1 is 1.23 bits per heavy atom. The standard InChI is InChI=1S/C15H20N5OP/c1-20-12(22(9-3-4-9)10-5-6-10)7-11(19-20)13-14(21-2)15(16)18-8-17-13/h7-10H,3-6H2,1-2H3,(H2,16,17,18). The van der Waals surface area contributed by atoms with Crippen molar-refractivity contribution >= 4 is 19.2 Å². The summed E-state index contributed by atoms with van der Waals surface area (Å²) in [6.07, 6.45) is 6.99. The van der Waals surface area contributed by atoms with Crippen LogP contribution < -0.4 is 15.9 Å². The number of hydrogen-bond donors (Lipinski definition) is 1. The summed E-state index contributed by atoms with van der Waals surface area (Å²) in [6, 6.07) is 2.19. The molecule has 2 aromatic heterocycles. The molecular weight excluding hydrogens is 297 g/mol. The van der Waals surface area contributed by atoms with Gasteiger partial charge in [-0.3, -0.25) is 4.68 Å². The second kappa shape index (κ2) is 5.20. The van der Waals surface area contributed by atoms with Crippen molar-refractivity contribution in [3.63, 3.8) is 0 Å². The highest BCUT2D eigenvalue weighted by Crippen LogP contribution is 2.63. The molecule has 0 aliphatic heterocycles. The molecule has 6 nitrogen and oxygen atoms in total. The smallest absolute Gasteiger partial charge is 0.189 e.